The van der Waals surface area contributed by atoms with Gasteiger partial charge in [0.15, 0.2) is 0 Å². The van der Waals surface area contributed by atoms with E-state index in [-0.39, 0.29) is 18.5 Å². The lowest BCUT2D eigenvalue weighted by Crippen LogP contribution is -2.36. The topological polar surface area (TPSA) is 135 Å². The summed E-state index contributed by atoms with van der Waals surface area (Å²) in [5.41, 5.74) is 1.94. The normalized spacial score (nSPS) is 22.2. The van der Waals surface area contributed by atoms with Crippen LogP contribution in [0.2, 0.25) is 0 Å². The van der Waals surface area contributed by atoms with Crippen LogP contribution in [0.4, 0.5) is 5.82 Å². The molecule has 0 radical (unpaired) electrons. The van der Waals surface area contributed by atoms with Gasteiger partial charge in [0.25, 0.3) is 10.2 Å². The van der Waals surface area contributed by atoms with Crippen LogP contribution in [0.15, 0.2) is 48.9 Å². The summed E-state index contributed by atoms with van der Waals surface area (Å²) in [4.78, 5) is 8.81. The Kier molecular flexibility index (Phi) is 5.50. The van der Waals surface area contributed by atoms with E-state index >= 15 is 0 Å². The summed E-state index contributed by atoms with van der Waals surface area (Å²) in [6, 6.07) is 12.1. The van der Waals surface area contributed by atoms with Crippen LogP contribution in [-0.2, 0) is 16.8 Å². The van der Waals surface area contributed by atoms with Gasteiger partial charge in [-0.25, -0.2) is 19.8 Å². The van der Waals surface area contributed by atoms with Crippen LogP contribution in [0.3, 0.4) is 0 Å². The molecule has 1 aliphatic rings. The maximum absolute atomic E-state index is 11.1. The molecule has 29 heavy (non-hydrogen) atoms. The van der Waals surface area contributed by atoms with Crippen LogP contribution in [0, 0.1) is 5.92 Å². The molecule has 1 aliphatic carbocycles. The number of aromatic nitrogens is 3. The van der Waals surface area contributed by atoms with E-state index in [1.54, 1.807) is 0 Å². The molecule has 1 fully saturated rings. The minimum atomic E-state index is -3.77. The summed E-state index contributed by atoms with van der Waals surface area (Å²) in [5, 5.41) is 19.6. The van der Waals surface area contributed by atoms with Gasteiger partial charge in [-0.15, -0.1) is 0 Å². The largest absolute Gasteiger partial charge is 0.393 e. The fourth-order valence-electron chi connectivity index (χ4n) is 3.93. The van der Waals surface area contributed by atoms with Gasteiger partial charge in [-0.3, -0.25) is 0 Å². The zero-order valence-electron chi connectivity index (χ0n) is 15.8. The van der Waals surface area contributed by atoms with E-state index in [0.717, 1.165) is 22.4 Å². The lowest BCUT2D eigenvalue weighted by Gasteiger charge is -2.14. The predicted octanol–water partition coefficient (Wildman–Crippen LogP) is 1.15. The second-order valence-electron chi connectivity index (χ2n) is 7.37. The summed E-state index contributed by atoms with van der Waals surface area (Å²) < 4.78 is 26.6. The van der Waals surface area contributed by atoms with E-state index in [9.17, 15) is 13.5 Å². The van der Waals surface area contributed by atoms with E-state index in [1.165, 1.54) is 6.33 Å². The Balaban J connectivity index is 1.50. The summed E-state index contributed by atoms with van der Waals surface area (Å²) >= 11 is 0. The molecule has 0 unspecified atom stereocenters. The Morgan fingerprint density at radius 3 is 2.72 bits per heavy atom. The van der Waals surface area contributed by atoms with Crippen LogP contribution in [0.25, 0.3) is 11.0 Å². The number of aliphatic hydroxyl groups is 1. The molecule has 0 spiro atoms. The number of anilines is 1. The molecule has 1 saturated carbocycles. The molecule has 10 heteroatoms. The molecule has 0 amide bonds. The third kappa shape index (κ3) is 4.56. The maximum Gasteiger partial charge on any atom is 0.274 e. The van der Waals surface area contributed by atoms with Gasteiger partial charge in [0.05, 0.1) is 11.5 Å². The Labute approximate surface area is 169 Å². The number of hydrogen-bond donors (Lipinski definition) is 4. The first-order chi connectivity index (χ1) is 13.9. The summed E-state index contributed by atoms with van der Waals surface area (Å²) in [6.07, 6.45) is 4.02. The van der Waals surface area contributed by atoms with Gasteiger partial charge >= 0.3 is 0 Å². The second kappa shape index (κ2) is 8.07. The van der Waals surface area contributed by atoms with Gasteiger partial charge in [0, 0.05) is 31.2 Å². The van der Waals surface area contributed by atoms with Crippen molar-refractivity contribution in [2.75, 3.05) is 11.9 Å². The minimum Gasteiger partial charge on any atom is -0.393 e. The van der Waals surface area contributed by atoms with E-state index in [4.69, 9.17) is 5.14 Å². The van der Waals surface area contributed by atoms with Gasteiger partial charge in [0.2, 0.25) is 0 Å². The molecular weight excluding hydrogens is 392 g/mol. The van der Waals surface area contributed by atoms with Crippen molar-refractivity contribution in [3.63, 3.8) is 0 Å². The number of aliphatic hydroxyl groups excluding tert-OH is 1. The molecule has 2 heterocycles. The summed E-state index contributed by atoms with van der Waals surface area (Å²) in [5.74, 6) is 0.553. The number of nitrogens with two attached hydrogens (primary N) is 1. The van der Waals surface area contributed by atoms with Crippen molar-refractivity contribution in [3.05, 3.63) is 54.5 Å². The van der Waals surface area contributed by atoms with Crippen molar-refractivity contribution >= 4 is 27.1 Å². The molecular formula is C19H24N6O3S. The van der Waals surface area contributed by atoms with Crippen LogP contribution in [0.1, 0.15) is 24.4 Å². The average molecular weight is 417 g/mol. The van der Waals surface area contributed by atoms with Crippen molar-refractivity contribution in [2.24, 2.45) is 11.1 Å². The van der Waals surface area contributed by atoms with Gasteiger partial charge < -0.3 is 15.0 Å². The Hall–Kier alpha value is -2.53. The molecule has 3 atom stereocenters. The molecule has 0 aliphatic heterocycles. The number of nitrogens with one attached hydrogen (secondary N) is 2. The van der Waals surface area contributed by atoms with E-state index in [1.807, 2.05) is 47.2 Å². The lowest BCUT2D eigenvalue weighted by molar-refractivity contribution is 0.133. The number of rotatable bonds is 7. The summed E-state index contributed by atoms with van der Waals surface area (Å²) in [7, 11) is -3.77. The van der Waals surface area contributed by atoms with E-state index in [2.05, 4.69) is 20.0 Å². The fraction of sp³-hybridized carbons (Fsp3) is 0.368. The molecule has 0 saturated heterocycles. The molecule has 5 N–H and O–H groups in total. The van der Waals surface area contributed by atoms with Gasteiger partial charge in [-0.2, -0.15) is 8.42 Å². The maximum atomic E-state index is 11.1. The van der Waals surface area contributed by atoms with Crippen molar-refractivity contribution in [2.45, 2.75) is 31.5 Å². The highest BCUT2D eigenvalue weighted by Crippen LogP contribution is 2.37. The molecule has 154 valence electrons. The highest BCUT2D eigenvalue weighted by atomic mass is 32.2. The Morgan fingerprint density at radius 1 is 1.17 bits per heavy atom. The number of fused-ring (bicyclic) bond motifs is 1. The molecule has 4 rings (SSSR count). The van der Waals surface area contributed by atoms with E-state index < -0.39 is 16.3 Å². The predicted molar refractivity (Wildman–Crippen MR) is 110 cm³/mol. The number of benzene rings is 1. The first kappa shape index (κ1) is 19.8. The van der Waals surface area contributed by atoms with E-state index in [0.29, 0.717) is 19.4 Å². The Morgan fingerprint density at radius 2 is 1.97 bits per heavy atom. The minimum absolute atomic E-state index is 0.0200. The van der Waals surface area contributed by atoms with Gasteiger partial charge in [-0.05, 0) is 24.5 Å². The average Bonchev–Trinajstić information content (AvgIpc) is 3.28. The third-order valence-electron chi connectivity index (χ3n) is 5.38. The van der Waals surface area contributed by atoms with Crippen LogP contribution >= 0.6 is 0 Å². The highest BCUT2D eigenvalue weighted by molar-refractivity contribution is 7.87. The Bertz CT molecular complexity index is 1090. The van der Waals surface area contributed by atoms with Crippen LogP contribution in [0.5, 0.6) is 0 Å². The number of hydrogen-bond acceptors (Lipinski definition) is 6. The fourth-order valence-corrected chi connectivity index (χ4v) is 4.38. The van der Waals surface area contributed by atoms with Crippen molar-refractivity contribution in [1.29, 1.82) is 0 Å². The third-order valence-corrected chi connectivity index (χ3v) is 5.95. The van der Waals surface area contributed by atoms with Crippen molar-refractivity contribution in [3.8, 4) is 0 Å². The lowest BCUT2D eigenvalue weighted by atomic mass is 10.1. The van der Waals surface area contributed by atoms with Crippen molar-refractivity contribution < 1.29 is 13.5 Å². The van der Waals surface area contributed by atoms with Crippen molar-refractivity contribution in [1.82, 2.24) is 19.3 Å². The van der Waals surface area contributed by atoms with Gasteiger partial charge in [-0.1, -0.05) is 30.3 Å². The second-order valence-corrected chi connectivity index (χ2v) is 8.75. The van der Waals surface area contributed by atoms with Crippen LogP contribution < -0.4 is 15.2 Å². The monoisotopic (exact) mass is 416 g/mol. The molecule has 3 aromatic rings. The SMILES string of the molecule is NS(=O)(=O)NC[C@@H]1C[C@@H](n2ccc3c(NCc4ccccc4)ncnc32)C[C@@H]1O. The smallest absolute Gasteiger partial charge is 0.274 e. The first-order valence-corrected chi connectivity index (χ1v) is 11.0. The quantitative estimate of drug-likeness (QED) is 0.456. The number of nitrogens with zero attached hydrogens (tertiary/aromatic N) is 3. The molecule has 1 aromatic carbocycles. The molecule has 2 aromatic heterocycles. The first-order valence-electron chi connectivity index (χ1n) is 9.45. The standard InChI is InChI=1S/C19H24N6O3S/c20-29(27,28)24-11-14-8-15(9-17(14)26)25-7-6-16-18(22-12-23-19(16)25)21-10-13-4-2-1-3-5-13/h1-7,12,14-15,17,24,26H,8-11H2,(H2,20,27,28)(H,21,22,23)/t14-,15+,17-/m0/s1. The summed E-state index contributed by atoms with van der Waals surface area (Å²) in [6.45, 7) is 0.774. The zero-order valence-corrected chi connectivity index (χ0v) is 16.6. The highest BCUT2D eigenvalue weighted by Gasteiger charge is 2.35. The zero-order chi connectivity index (χ0) is 20.4. The van der Waals surface area contributed by atoms with Crippen LogP contribution in [-0.4, -0.2) is 40.7 Å². The van der Waals surface area contributed by atoms with Gasteiger partial charge in [0.1, 0.15) is 17.8 Å². The molecule has 0 bridgehead atoms. The molecule has 9 nitrogen and oxygen atoms in total.